The third-order valence-electron chi connectivity index (χ3n) is 10.2. The molecule has 0 N–H and O–H groups in total. The van der Waals surface area contributed by atoms with Crippen LogP contribution in [-0.2, 0) is 0 Å². The molecule has 1 heterocycles. The maximum Gasteiger partial charge on any atom is 0.128 e. The summed E-state index contributed by atoms with van der Waals surface area (Å²) in [6.07, 6.45) is 0. The molecule has 0 saturated heterocycles. The van der Waals surface area contributed by atoms with Crippen LogP contribution in [0.4, 0.5) is 0 Å². The lowest BCUT2D eigenvalue weighted by atomic mass is 9.56. The number of rotatable bonds is 2. The van der Waals surface area contributed by atoms with Crippen LogP contribution in [0.1, 0.15) is 0 Å². The van der Waals surface area contributed by atoms with Gasteiger partial charge in [-0.15, -0.1) is 54.6 Å². The molecule has 0 bridgehead atoms. The monoisotopic (exact) mass is 620 g/mol. The number of fused-ring (bicyclic) bond motifs is 5. The molecule has 21 heteroatoms. The minimum absolute atomic E-state index is 0.00651. The van der Waals surface area contributed by atoms with E-state index in [9.17, 15) is 0 Å². The highest BCUT2D eigenvalue weighted by atomic mass is 16.3. The van der Waals surface area contributed by atoms with Gasteiger partial charge in [-0.2, -0.15) is 0 Å². The Labute approximate surface area is 334 Å². The minimum Gasteiger partial charge on any atom is -0.457 e. The van der Waals surface area contributed by atoms with Crippen LogP contribution in [0.15, 0.2) is 4.42 Å². The number of hydrogen-bond donors (Lipinski definition) is 0. The molecule has 40 radical (unpaired) electrons. The highest BCUT2D eigenvalue weighted by Crippen LogP contribution is 2.42. The normalized spacial score (nSPS) is 11.8. The molecule has 0 aliphatic rings. The fraction of sp³-hybridized carbons (Fsp3) is 0. The molecule has 7 aromatic rings. The van der Waals surface area contributed by atoms with Gasteiger partial charge in [0.1, 0.15) is 168 Å². The summed E-state index contributed by atoms with van der Waals surface area (Å²) in [6.45, 7) is 0. The topological polar surface area (TPSA) is 13.1 Å². The zero-order valence-corrected chi connectivity index (χ0v) is 28.0. The molecular weight excluding hydrogens is 617 g/mol. The third kappa shape index (κ3) is 4.86. The standard InChI is InChI=1S/C32B20O/c33-11-3-1(7-8-10-18(40)25(47)28(50)30(52)32(10)53-31(8)29(51)26(48)15(7)37)4-6(14(36)22(44)20(42)12(4)34)2(5(3)13(35)21(43)19(11)41)9-16(38)23(45)27(49)24(46)17(9)39. The third-order valence-corrected chi connectivity index (χ3v) is 10.2. The lowest BCUT2D eigenvalue weighted by Crippen LogP contribution is -2.55. The molecule has 7 rings (SSSR count). The zero-order chi connectivity index (χ0) is 39.2. The Morgan fingerprint density at radius 2 is 0.396 bits per heavy atom. The Kier molecular flexibility index (Phi) is 9.19. The molecule has 1 nitrogen and oxygen atoms in total. The van der Waals surface area contributed by atoms with Gasteiger partial charge >= 0.3 is 0 Å². The summed E-state index contributed by atoms with van der Waals surface area (Å²) in [6, 6.07) is 0. The molecule has 0 aliphatic heterocycles. The smallest absolute Gasteiger partial charge is 0.128 e. The van der Waals surface area contributed by atoms with Gasteiger partial charge < -0.3 is 4.42 Å². The lowest BCUT2D eigenvalue weighted by Gasteiger charge is -2.32. The van der Waals surface area contributed by atoms with E-state index >= 15 is 0 Å². The van der Waals surface area contributed by atoms with Crippen molar-refractivity contribution in [1.29, 1.82) is 0 Å². The first kappa shape index (κ1) is 38.2. The largest absolute Gasteiger partial charge is 0.457 e. The molecule has 0 fully saturated rings. The van der Waals surface area contributed by atoms with Crippen LogP contribution in [0.25, 0.3) is 65.7 Å². The Morgan fingerprint density at radius 1 is 0.170 bits per heavy atom. The fourth-order valence-electron chi connectivity index (χ4n) is 7.21. The molecule has 0 unspecified atom stereocenters. The first-order chi connectivity index (χ1) is 24.7. The molecule has 0 amide bonds. The summed E-state index contributed by atoms with van der Waals surface area (Å²) < 4.78 is 6.23. The van der Waals surface area contributed by atoms with E-state index in [2.05, 4.69) is 0 Å². The summed E-state index contributed by atoms with van der Waals surface area (Å²) >= 11 is 0. The summed E-state index contributed by atoms with van der Waals surface area (Å²) in [7, 11) is 131. The number of hydrogen-bond acceptors (Lipinski definition) is 1. The van der Waals surface area contributed by atoms with E-state index in [1.807, 2.05) is 0 Å². The highest BCUT2D eigenvalue weighted by molar-refractivity contribution is 6.75. The first-order valence-corrected chi connectivity index (χ1v) is 15.4. The van der Waals surface area contributed by atoms with Crippen molar-refractivity contribution in [2.45, 2.75) is 0 Å². The lowest BCUT2D eigenvalue weighted by molar-refractivity contribution is 0.675. The molecule has 53 heavy (non-hydrogen) atoms. The van der Waals surface area contributed by atoms with Crippen LogP contribution >= 0.6 is 0 Å². The van der Waals surface area contributed by atoms with Crippen LogP contribution < -0.4 is 109 Å². The second-order valence-electron chi connectivity index (χ2n) is 12.8. The summed E-state index contributed by atoms with van der Waals surface area (Å²) in [4.78, 5) is 0. The van der Waals surface area contributed by atoms with Gasteiger partial charge in [-0.05, 0) is 43.8 Å². The maximum absolute atomic E-state index is 6.92. The van der Waals surface area contributed by atoms with Crippen LogP contribution in [0.3, 0.4) is 0 Å². The average Bonchev–Trinajstić information content (AvgIpc) is 3.53. The van der Waals surface area contributed by atoms with Gasteiger partial charge in [-0.1, -0.05) is 54.6 Å². The van der Waals surface area contributed by atoms with Gasteiger partial charge in [-0.3, -0.25) is 0 Å². The molecule has 0 atom stereocenters. The second kappa shape index (κ2) is 12.7. The van der Waals surface area contributed by atoms with Gasteiger partial charge in [0, 0.05) is 10.8 Å². The molecule has 0 spiro atoms. The first-order valence-electron chi connectivity index (χ1n) is 15.4. The number of furan rings is 1. The van der Waals surface area contributed by atoms with Crippen molar-refractivity contribution in [2.75, 3.05) is 0 Å². The van der Waals surface area contributed by atoms with Crippen molar-refractivity contribution in [3.63, 3.8) is 0 Å². The van der Waals surface area contributed by atoms with Gasteiger partial charge in [0.25, 0.3) is 0 Å². The van der Waals surface area contributed by atoms with Crippen LogP contribution in [-0.4, -0.2) is 157 Å². The summed E-state index contributed by atoms with van der Waals surface area (Å²) in [5, 5.41) is 0.668. The molecule has 1 aromatic heterocycles. The number of benzene rings is 6. The predicted molar refractivity (Wildman–Crippen MR) is 247 cm³/mol. The van der Waals surface area contributed by atoms with Gasteiger partial charge in [0.15, 0.2) is 0 Å². The minimum atomic E-state index is -0.121. The fourth-order valence-corrected chi connectivity index (χ4v) is 7.21. The Morgan fingerprint density at radius 3 is 0.774 bits per heavy atom. The van der Waals surface area contributed by atoms with E-state index in [1.165, 1.54) is 0 Å². The molecule has 194 valence electrons. The van der Waals surface area contributed by atoms with E-state index in [0.29, 0.717) is 0 Å². The van der Waals surface area contributed by atoms with Crippen LogP contribution in [0.5, 0.6) is 0 Å². The Balaban J connectivity index is 1.97. The van der Waals surface area contributed by atoms with Gasteiger partial charge in [0.05, 0.1) is 0 Å². The van der Waals surface area contributed by atoms with Crippen LogP contribution in [0.2, 0.25) is 0 Å². The average molecular weight is 617 g/mol. The SMILES string of the molecule is [B]c1c([B])c([B])c(-c2c3c([B])c([B])c([B])c([B])c3c(-c3c([B])c([B])c([B])c4oc5c([B])c([B])c([B])c([B])c5c34)c3c([B])c([B])c([B])c([B])c23)c([B])c1[B]. The van der Waals surface area contributed by atoms with E-state index < -0.39 is 0 Å². The van der Waals surface area contributed by atoms with Crippen molar-refractivity contribution >= 4 is 310 Å². The zero-order valence-electron chi connectivity index (χ0n) is 28.0. The Bertz CT molecular complexity index is 2780. The van der Waals surface area contributed by atoms with E-state index in [1.54, 1.807) is 0 Å². The van der Waals surface area contributed by atoms with E-state index in [0.717, 1.165) is 0 Å². The predicted octanol–water partition coefficient (Wildman–Crippen LogP) is -14.9. The van der Waals surface area contributed by atoms with Crippen molar-refractivity contribution in [3.8, 4) is 22.3 Å². The molecule has 0 aliphatic carbocycles. The van der Waals surface area contributed by atoms with Crippen molar-refractivity contribution in [3.05, 3.63) is 0 Å². The summed E-state index contributed by atoms with van der Waals surface area (Å²) in [5.41, 5.74) is -1.53. The summed E-state index contributed by atoms with van der Waals surface area (Å²) in [5.74, 6) is 0. The Hall–Kier alpha value is -3.06. The molecular formula is C32B20O. The second-order valence-corrected chi connectivity index (χ2v) is 12.8. The van der Waals surface area contributed by atoms with E-state index in [-0.39, 0.29) is 175 Å². The van der Waals surface area contributed by atoms with Gasteiger partial charge in [-0.25, -0.2) is 0 Å². The van der Waals surface area contributed by atoms with Crippen molar-refractivity contribution in [1.82, 2.24) is 0 Å². The molecule has 0 saturated carbocycles. The quantitative estimate of drug-likeness (QED) is 0.139. The highest BCUT2D eigenvalue weighted by Gasteiger charge is 2.30. The van der Waals surface area contributed by atoms with Crippen molar-refractivity contribution < 1.29 is 4.42 Å². The van der Waals surface area contributed by atoms with Gasteiger partial charge in [0.2, 0.25) is 0 Å². The van der Waals surface area contributed by atoms with Crippen LogP contribution in [0, 0.1) is 0 Å². The maximum atomic E-state index is 6.92. The van der Waals surface area contributed by atoms with Crippen molar-refractivity contribution in [2.24, 2.45) is 0 Å². The van der Waals surface area contributed by atoms with E-state index in [4.69, 9.17) is 161 Å². The molecule has 6 aromatic carbocycles.